The fraction of sp³-hybridized carbons (Fsp3) is 0.125. The summed E-state index contributed by atoms with van der Waals surface area (Å²) in [6.07, 6.45) is 1.47. The van der Waals surface area contributed by atoms with Crippen LogP contribution in [-0.4, -0.2) is 30.8 Å². The zero-order valence-electron chi connectivity index (χ0n) is 13.1. The summed E-state index contributed by atoms with van der Waals surface area (Å²) in [4.78, 5) is 21.7. The molecular formula is C16H14BrN3O5. The lowest BCUT2D eigenvalue weighted by molar-refractivity contribution is -0.384. The number of carbonyl (C=O) groups excluding carboxylic acids is 1. The highest BCUT2D eigenvalue weighted by molar-refractivity contribution is 9.10. The van der Waals surface area contributed by atoms with Gasteiger partial charge in [-0.3, -0.25) is 14.9 Å². The number of halogens is 1. The molecule has 0 fully saturated rings. The Kier molecular flexibility index (Phi) is 6.47. The second kappa shape index (κ2) is 8.78. The van der Waals surface area contributed by atoms with Crippen molar-refractivity contribution in [3.05, 3.63) is 62.6 Å². The van der Waals surface area contributed by atoms with E-state index in [0.717, 1.165) is 10.0 Å². The average molecular weight is 408 g/mol. The minimum atomic E-state index is -0.512. The lowest BCUT2D eigenvalue weighted by Crippen LogP contribution is -2.24. The van der Waals surface area contributed by atoms with Gasteiger partial charge >= 0.3 is 0 Å². The summed E-state index contributed by atoms with van der Waals surface area (Å²) in [5.41, 5.74) is 3.01. The summed E-state index contributed by atoms with van der Waals surface area (Å²) in [6, 6.07) is 10.8. The molecule has 1 N–H and O–H groups in total. The van der Waals surface area contributed by atoms with E-state index in [1.54, 1.807) is 25.3 Å². The number of hydrogen-bond donors (Lipinski definition) is 1. The van der Waals surface area contributed by atoms with Crippen LogP contribution < -0.4 is 14.9 Å². The second-order valence-corrected chi connectivity index (χ2v) is 5.57. The van der Waals surface area contributed by atoms with Crippen molar-refractivity contribution in [1.82, 2.24) is 5.43 Å². The molecule has 0 radical (unpaired) electrons. The maximum atomic E-state index is 11.7. The van der Waals surface area contributed by atoms with Gasteiger partial charge in [0.05, 0.1) is 18.2 Å². The Hall–Kier alpha value is -2.94. The van der Waals surface area contributed by atoms with E-state index in [2.05, 4.69) is 26.5 Å². The highest BCUT2D eigenvalue weighted by Gasteiger charge is 2.06. The lowest BCUT2D eigenvalue weighted by Gasteiger charge is -2.05. The number of amides is 1. The molecule has 8 nitrogen and oxygen atoms in total. The standard InChI is InChI=1S/C16H14BrN3O5/c1-24-14-6-7-15(17)11(8-14)9-18-19-16(21)10-25-13-4-2-12(3-5-13)20(22)23/h2-9H,10H2,1H3,(H,19,21)/b18-9+. The van der Waals surface area contributed by atoms with Crippen LogP contribution in [0.4, 0.5) is 5.69 Å². The lowest BCUT2D eigenvalue weighted by atomic mass is 10.2. The van der Waals surface area contributed by atoms with Gasteiger partial charge in [0.15, 0.2) is 6.61 Å². The number of non-ortho nitro benzene ring substituents is 1. The van der Waals surface area contributed by atoms with Crippen LogP contribution in [-0.2, 0) is 4.79 Å². The van der Waals surface area contributed by atoms with Crippen molar-refractivity contribution in [2.75, 3.05) is 13.7 Å². The molecule has 0 aliphatic rings. The molecule has 9 heteroatoms. The molecule has 25 heavy (non-hydrogen) atoms. The van der Waals surface area contributed by atoms with Gasteiger partial charge in [0, 0.05) is 22.2 Å². The number of nitrogens with zero attached hydrogens (tertiary/aromatic N) is 2. The summed E-state index contributed by atoms with van der Waals surface area (Å²) < 4.78 is 11.1. The van der Waals surface area contributed by atoms with Gasteiger partial charge in [-0.05, 0) is 30.3 Å². The van der Waals surface area contributed by atoms with Crippen LogP contribution in [0.15, 0.2) is 52.0 Å². The van der Waals surface area contributed by atoms with Crippen LogP contribution in [0, 0.1) is 10.1 Å². The summed E-state index contributed by atoms with van der Waals surface area (Å²) >= 11 is 3.37. The highest BCUT2D eigenvalue weighted by atomic mass is 79.9. The molecule has 0 heterocycles. The smallest absolute Gasteiger partial charge is 0.277 e. The number of benzene rings is 2. The van der Waals surface area contributed by atoms with Crippen LogP contribution in [0.1, 0.15) is 5.56 Å². The number of nitro groups is 1. The number of hydrazone groups is 1. The molecule has 0 aliphatic heterocycles. The Bertz CT molecular complexity index is 793. The van der Waals surface area contributed by atoms with Crippen LogP contribution in [0.25, 0.3) is 0 Å². The minimum absolute atomic E-state index is 0.0507. The van der Waals surface area contributed by atoms with Crippen molar-refractivity contribution in [2.24, 2.45) is 5.10 Å². The Morgan fingerprint density at radius 2 is 1.96 bits per heavy atom. The molecule has 0 bridgehead atoms. The first-order valence-corrected chi connectivity index (χ1v) is 7.81. The summed E-state index contributed by atoms with van der Waals surface area (Å²) in [5, 5.41) is 14.4. The van der Waals surface area contributed by atoms with Crippen LogP contribution in [0.5, 0.6) is 11.5 Å². The molecule has 2 rings (SSSR count). The van der Waals surface area contributed by atoms with Crippen molar-refractivity contribution < 1.29 is 19.2 Å². The van der Waals surface area contributed by atoms with E-state index >= 15 is 0 Å². The summed E-state index contributed by atoms with van der Waals surface area (Å²) in [7, 11) is 1.56. The van der Waals surface area contributed by atoms with Crippen molar-refractivity contribution in [3.8, 4) is 11.5 Å². The predicted octanol–water partition coefficient (Wildman–Crippen LogP) is 2.90. The number of ether oxygens (including phenoxy) is 2. The molecule has 0 spiro atoms. The zero-order valence-corrected chi connectivity index (χ0v) is 14.7. The van der Waals surface area contributed by atoms with E-state index in [0.29, 0.717) is 11.5 Å². The first-order chi connectivity index (χ1) is 12.0. The van der Waals surface area contributed by atoms with Crippen LogP contribution in [0.3, 0.4) is 0 Å². The van der Waals surface area contributed by atoms with E-state index in [4.69, 9.17) is 9.47 Å². The van der Waals surface area contributed by atoms with E-state index in [1.165, 1.54) is 30.5 Å². The first-order valence-electron chi connectivity index (χ1n) is 7.02. The fourth-order valence-corrected chi connectivity index (χ4v) is 2.12. The van der Waals surface area contributed by atoms with Crippen LogP contribution >= 0.6 is 15.9 Å². The number of hydrogen-bond acceptors (Lipinski definition) is 6. The Balaban J connectivity index is 1.85. The molecule has 0 unspecified atom stereocenters. The van der Waals surface area contributed by atoms with Gasteiger partial charge < -0.3 is 9.47 Å². The van der Waals surface area contributed by atoms with Crippen molar-refractivity contribution in [2.45, 2.75) is 0 Å². The van der Waals surface area contributed by atoms with E-state index in [9.17, 15) is 14.9 Å². The average Bonchev–Trinajstić information content (AvgIpc) is 2.62. The Morgan fingerprint density at radius 1 is 1.28 bits per heavy atom. The van der Waals surface area contributed by atoms with E-state index in [-0.39, 0.29) is 12.3 Å². The first kappa shape index (κ1) is 18.4. The zero-order chi connectivity index (χ0) is 18.2. The monoisotopic (exact) mass is 407 g/mol. The summed E-state index contributed by atoms with van der Waals surface area (Å²) in [5.74, 6) is 0.548. The predicted molar refractivity (Wildman–Crippen MR) is 95.0 cm³/mol. The number of nitrogens with one attached hydrogen (secondary N) is 1. The van der Waals surface area contributed by atoms with Crippen molar-refractivity contribution >= 4 is 33.7 Å². The molecule has 2 aromatic carbocycles. The van der Waals surface area contributed by atoms with Gasteiger partial charge in [-0.1, -0.05) is 15.9 Å². The maximum Gasteiger partial charge on any atom is 0.277 e. The minimum Gasteiger partial charge on any atom is -0.497 e. The largest absolute Gasteiger partial charge is 0.497 e. The normalized spacial score (nSPS) is 10.5. The maximum absolute atomic E-state index is 11.7. The van der Waals surface area contributed by atoms with E-state index in [1.807, 2.05) is 0 Å². The molecule has 0 aromatic heterocycles. The van der Waals surface area contributed by atoms with Crippen LogP contribution in [0.2, 0.25) is 0 Å². The van der Waals surface area contributed by atoms with Gasteiger partial charge in [-0.15, -0.1) is 0 Å². The molecule has 0 atom stereocenters. The van der Waals surface area contributed by atoms with Gasteiger partial charge in [0.25, 0.3) is 11.6 Å². The van der Waals surface area contributed by atoms with Crippen molar-refractivity contribution in [3.63, 3.8) is 0 Å². The third kappa shape index (κ3) is 5.57. The van der Waals surface area contributed by atoms with Gasteiger partial charge in [-0.2, -0.15) is 5.10 Å². The van der Waals surface area contributed by atoms with Gasteiger partial charge in [0.2, 0.25) is 0 Å². The molecular weight excluding hydrogens is 394 g/mol. The van der Waals surface area contributed by atoms with Crippen molar-refractivity contribution in [1.29, 1.82) is 0 Å². The molecule has 0 saturated carbocycles. The second-order valence-electron chi connectivity index (χ2n) is 4.72. The molecule has 130 valence electrons. The Labute approximate surface area is 151 Å². The quantitative estimate of drug-likeness (QED) is 0.431. The fourth-order valence-electron chi connectivity index (χ4n) is 1.77. The van der Waals surface area contributed by atoms with E-state index < -0.39 is 10.8 Å². The molecule has 2 aromatic rings. The third-order valence-electron chi connectivity index (χ3n) is 3.01. The molecule has 1 amide bonds. The number of nitro benzene ring substituents is 1. The molecule has 0 aliphatic carbocycles. The third-order valence-corrected chi connectivity index (χ3v) is 3.74. The summed E-state index contributed by atoms with van der Waals surface area (Å²) in [6.45, 7) is -0.269. The SMILES string of the molecule is COc1ccc(Br)c(/C=N/NC(=O)COc2ccc([N+](=O)[O-])cc2)c1. The van der Waals surface area contributed by atoms with Gasteiger partial charge in [-0.25, -0.2) is 5.43 Å². The van der Waals surface area contributed by atoms with Gasteiger partial charge in [0.1, 0.15) is 11.5 Å². The number of rotatable bonds is 7. The molecule has 0 saturated heterocycles. The number of methoxy groups -OCH3 is 1. The highest BCUT2D eigenvalue weighted by Crippen LogP contribution is 2.20. The topological polar surface area (TPSA) is 103 Å². The number of carbonyl (C=O) groups is 1. The Morgan fingerprint density at radius 3 is 2.60 bits per heavy atom.